The van der Waals surface area contributed by atoms with Gasteiger partial charge >= 0.3 is 0 Å². The van der Waals surface area contributed by atoms with Crippen LogP contribution in [0.1, 0.15) is 11.1 Å². The highest BCUT2D eigenvalue weighted by Gasteiger charge is 2.02. The van der Waals surface area contributed by atoms with Crippen LogP contribution in [0.25, 0.3) is 0 Å². The van der Waals surface area contributed by atoms with Gasteiger partial charge in [0.25, 0.3) is 0 Å². The van der Waals surface area contributed by atoms with Crippen LogP contribution in [0.3, 0.4) is 0 Å². The average molecular weight is 226 g/mol. The number of phenols is 1. The second kappa shape index (κ2) is 4.78. The summed E-state index contributed by atoms with van der Waals surface area (Å²) in [7, 11) is 0. The minimum Gasteiger partial charge on any atom is -0.507 e. The standard InChI is InChI=1S/C14H14N2O/c1-10-8-13(9-11(2)14(10)17)16-15-12-6-4-3-5-7-12/h3-9,17H,1-2H3/b16-15+. The molecule has 1 N–H and O–H groups in total. The molecular formula is C14H14N2O. The summed E-state index contributed by atoms with van der Waals surface area (Å²) in [6.45, 7) is 3.70. The summed E-state index contributed by atoms with van der Waals surface area (Å²) in [6, 6.07) is 13.2. The van der Waals surface area contributed by atoms with Crippen LogP contribution in [0.2, 0.25) is 0 Å². The number of rotatable bonds is 2. The highest BCUT2D eigenvalue weighted by Crippen LogP contribution is 2.28. The summed E-state index contributed by atoms with van der Waals surface area (Å²) >= 11 is 0. The zero-order valence-electron chi connectivity index (χ0n) is 9.88. The predicted octanol–water partition coefficient (Wildman–Crippen LogP) is 4.42. The first kappa shape index (κ1) is 11.3. The van der Waals surface area contributed by atoms with Crippen molar-refractivity contribution < 1.29 is 5.11 Å². The van der Waals surface area contributed by atoms with Crippen molar-refractivity contribution in [3.8, 4) is 5.75 Å². The molecule has 0 bridgehead atoms. The van der Waals surface area contributed by atoms with Crippen molar-refractivity contribution in [1.29, 1.82) is 0 Å². The summed E-state index contributed by atoms with van der Waals surface area (Å²) in [6.07, 6.45) is 0. The molecule has 2 aromatic carbocycles. The molecule has 0 aliphatic carbocycles. The molecule has 0 unspecified atom stereocenters. The van der Waals surface area contributed by atoms with Gasteiger partial charge in [-0.05, 0) is 49.2 Å². The minimum absolute atomic E-state index is 0.323. The Bertz CT molecular complexity index is 524. The van der Waals surface area contributed by atoms with Crippen LogP contribution in [0, 0.1) is 13.8 Å². The monoisotopic (exact) mass is 226 g/mol. The van der Waals surface area contributed by atoms with Crippen LogP contribution in [-0.2, 0) is 0 Å². The fourth-order valence-corrected chi connectivity index (χ4v) is 1.60. The van der Waals surface area contributed by atoms with E-state index >= 15 is 0 Å². The van der Waals surface area contributed by atoms with Crippen molar-refractivity contribution in [1.82, 2.24) is 0 Å². The summed E-state index contributed by atoms with van der Waals surface area (Å²) < 4.78 is 0. The van der Waals surface area contributed by atoms with Crippen LogP contribution < -0.4 is 0 Å². The Balaban J connectivity index is 2.28. The molecule has 0 saturated carbocycles. The third-order valence-electron chi connectivity index (χ3n) is 2.51. The maximum atomic E-state index is 9.64. The molecule has 2 aromatic rings. The first-order valence-corrected chi connectivity index (χ1v) is 5.44. The predicted molar refractivity (Wildman–Crippen MR) is 68.2 cm³/mol. The Labute approximate surface area is 100 Å². The summed E-state index contributed by atoms with van der Waals surface area (Å²) in [5.74, 6) is 0.323. The first-order chi connectivity index (χ1) is 8.16. The van der Waals surface area contributed by atoms with E-state index in [-0.39, 0.29) is 0 Å². The van der Waals surface area contributed by atoms with E-state index in [2.05, 4.69) is 10.2 Å². The molecule has 0 fully saturated rings. The first-order valence-electron chi connectivity index (χ1n) is 5.44. The van der Waals surface area contributed by atoms with Gasteiger partial charge in [-0.1, -0.05) is 18.2 Å². The van der Waals surface area contributed by atoms with Gasteiger partial charge in [0.05, 0.1) is 11.4 Å². The van der Waals surface area contributed by atoms with E-state index in [4.69, 9.17) is 0 Å². The average Bonchev–Trinajstić information content (AvgIpc) is 2.34. The smallest absolute Gasteiger partial charge is 0.121 e. The van der Waals surface area contributed by atoms with Crippen LogP contribution >= 0.6 is 0 Å². The third-order valence-corrected chi connectivity index (χ3v) is 2.51. The van der Waals surface area contributed by atoms with E-state index in [1.807, 2.05) is 56.3 Å². The number of benzene rings is 2. The molecule has 0 aromatic heterocycles. The third kappa shape index (κ3) is 2.69. The van der Waals surface area contributed by atoms with Crippen molar-refractivity contribution in [2.45, 2.75) is 13.8 Å². The van der Waals surface area contributed by atoms with Gasteiger partial charge in [0.15, 0.2) is 0 Å². The van der Waals surface area contributed by atoms with Crippen LogP contribution in [0.15, 0.2) is 52.7 Å². The molecule has 0 aliphatic heterocycles. The van der Waals surface area contributed by atoms with Crippen molar-refractivity contribution in [3.63, 3.8) is 0 Å². The molecule has 2 rings (SSSR count). The van der Waals surface area contributed by atoms with E-state index in [0.29, 0.717) is 5.75 Å². The molecule has 0 amide bonds. The quantitative estimate of drug-likeness (QED) is 0.756. The highest BCUT2D eigenvalue weighted by molar-refractivity contribution is 5.51. The Hall–Kier alpha value is -2.16. The number of nitrogens with zero attached hydrogens (tertiary/aromatic N) is 2. The Kier molecular flexibility index (Phi) is 3.19. The Morgan fingerprint density at radius 2 is 1.35 bits per heavy atom. The van der Waals surface area contributed by atoms with Crippen molar-refractivity contribution in [2.24, 2.45) is 10.2 Å². The molecule has 17 heavy (non-hydrogen) atoms. The van der Waals surface area contributed by atoms with Gasteiger partial charge in [0.2, 0.25) is 0 Å². The van der Waals surface area contributed by atoms with Crippen LogP contribution in [0.4, 0.5) is 11.4 Å². The number of hydrogen-bond donors (Lipinski definition) is 1. The van der Waals surface area contributed by atoms with Crippen molar-refractivity contribution >= 4 is 11.4 Å². The second-order valence-corrected chi connectivity index (χ2v) is 3.96. The van der Waals surface area contributed by atoms with E-state index in [1.54, 1.807) is 0 Å². The lowest BCUT2D eigenvalue weighted by molar-refractivity contribution is 0.467. The number of aromatic hydroxyl groups is 1. The molecule has 0 saturated heterocycles. The molecule has 0 atom stereocenters. The molecule has 86 valence electrons. The van der Waals surface area contributed by atoms with E-state index in [9.17, 15) is 5.11 Å². The fraction of sp³-hybridized carbons (Fsp3) is 0.143. The topological polar surface area (TPSA) is 45.0 Å². The molecule has 0 aliphatic rings. The lowest BCUT2D eigenvalue weighted by Crippen LogP contribution is -1.79. The largest absolute Gasteiger partial charge is 0.507 e. The SMILES string of the molecule is Cc1cc(/N=N/c2ccccc2)cc(C)c1O. The van der Waals surface area contributed by atoms with Gasteiger partial charge in [-0.15, -0.1) is 0 Å². The van der Waals surface area contributed by atoms with Crippen molar-refractivity contribution in [3.05, 3.63) is 53.6 Å². The van der Waals surface area contributed by atoms with Gasteiger partial charge in [0, 0.05) is 0 Å². The summed E-state index contributed by atoms with van der Waals surface area (Å²) in [4.78, 5) is 0. The molecule has 3 heteroatoms. The van der Waals surface area contributed by atoms with E-state index in [0.717, 1.165) is 22.5 Å². The molecular weight excluding hydrogens is 212 g/mol. The molecule has 3 nitrogen and oxygen atoms in total. The maximum absolute atomic E-state index is 9.64. The van der Waals surface area contributed by atoms with Crippen LogP contribution in [-0.4, -0.2) is 5.11 Å². The van der Waals surface area contributed by atoms with E-state index in [1.165, 1.54) is 0 Å². The minimum atomic E-state index is 0.323. The number of phenolic OH excluding ortho intramolecular Hbond substituents is 1. The maximum Gasteiger partial charge on any atom is 0.121 e. The van der Waals surface area contributed by atoms with E-state index < -0.39 is 0 Å². The van der Waals surface area contributed by atoms with Gasteiger partial charge in [-0.3, -0.25) is 0 Å². The van der Waals surface area contributed by atoms with Crippen LogP contribution in [0.5, 0.6) is 5.75 Å². The normalized spacial score (nSPS) is 10.9. The van der Waals surface area contributed by atoms with Gasteiger partial charge in [-0.2, -0.15) is 10.2 Å². The lowest BCUT2D eigenvalue weighted by Gasteiger charge is -2.03. The number of hydrogen-bond acceptors (Lipinski definition) is 3. The zero-order valence-corrected chi connectivity index (χ0v) is 9.88. The highest BCUT2D eigenvalue weighted by atomic mass is 16.3. The van der Waals surface area contributed by atoms with Gasteiger partial charge in [-0.25, -0.2) is 0 Å². The summed E-state index contributed by atoms with van der Waals surface area (Å²) in [5, 5.41) is 17.9. The number of aryl methyl sites for hydroxylation is 2. The lowest BCUT2D eigenvalue weighted by atomic mass is 10.1. The molecule has 0 spiro atoms. The summed E-state index contributed by atoms with van der Waals surface area (Å²) in [5.41, 5.74) is 3.19. The molecule has 0 heterocycles. The van der Waals surface area contributed by atoms with Crippen molar-refractivity contribution in [2.75, 3.05) is 0 Å². The Morgan fingerprint density at radius 1 is 0.824 bits per heavy atom. The number of azo groups is 1. The zero-order chi connectivity index (χ0) is 12.3. The van der Waals surface area contributed by atoms with Gasteiger partial charge in [0.1, 0.15) is 5.75 Å². The second-order valence-electron chi connectivity index (χ2n) is 3.96. The fourth-order valence-electron chi connectivity index (χ4n) is 1.60. The van der Waals surface area contributed by atoms with Gasteiger partial charge < -0.3 is 5.11 Å². The Morgan fingerprint density at radius 3 is 1.94 bits per heavy atom. The molecule has 0 radical (unpaired) electrons.